The zero-order valence-corrected chi connectivity index (χ0v) is 16.2. The van der Waals surface area contributed by atoms with E-state index in [0.29, 0.717) is 0 Å². The third-order valence-electron chi connectivity index (χ3n) is 4.95. The van der Waals surface area contributed by atoms with Crippen LogP contribution in [0.4, 0.5) is 0 Å². The second-order valence-electron chi connectivity index (χ2n) is 6.72. The number of benzene rings is 3. The minimum atomic E-state index is 0.832. The topological polar surface area (TPSA) is 39.4 Å². The Morgan fingerprint density at radius 1 is 1.00 bits per heavy atom. The highest BCUT2D eigenvalue weighted by atomic mass is 16.5. The van der Waals surface area contributed by atoms with Gasteiger partial charge in [0, 0.05) is 25.4 Å². The first-order chi connectivity index (χ1) is 13.8. The van der Waals surface area contributed by atoms with Gasteiger partial charge >= 0.3 is 0 Å². The number of methoxy groups -OCH3 is 1. The highest BCUT2D eigenvalue weighted by Crippen LogP contribution is 2.26. The van der Waals surface area contributed by atoms with Crippen molar-refractivity contribution in [3.63, 3.8) is 0 Å². The maximum absolute atomic E-state index is 5.41. The minimum Gasteiger partial charge on any atom is -0.496 e. The van der Waals surface area contributed by atoms with Gasteiger partial charge in [0.25, 0.3) is 0 Å². The second kappa shape index (κ2) is 8.09. The number of nitrogens with zero attached hydrogens (tertiary/aromatic N) is 3. The molecule has 4 rings (SSSR count). The summed E-state index contributed by atoms with van der Waals surface area (Å²) in [5.41, 5.74) is 6.86. The first kappa shape index (κ1) is 18.0. The fourth-order valence-electron chi connectivity index (χ4n) is 3.46. The number of aliphatic imine (C=N–C) groups is 1. The van der Waals surface area contributed by atoms with Crippen LogP contribution in [0.1, 0.15) is 11.1 Å². The molecule has 0 spiro atoms. The molecular formula is C24H23N3O. The number of fused-ring (bicyclic) bond motifs is 1. The molecule has 4 aromatic rings. The van der Waals surface area contributed by atoms with E-state index >= 15 is 0 Å². The summed E-state index contributed by atoms with van der Waals surface area (Å²) < 4.78 is 7.62. The molecule has 140 valence electrons. The van der Waals surface area contributed by atoms with Crippen molar-refractivity contribution in [1.82, 2.24) is 9.55 Å². The van der Waals surface area contributed by atoms with Crippen LogP contribution in [0.25, 0.3) is 22.2 Å². The zero-order chi connectivity index (χ0) is 19.3. The van der Waals surface area contributed by atoms with E-state index in [2.05, 4.69) is 63.1 Å². The molecule has 0 aliphatic heterocycles. The predicted octanol–water partition coefficient (Wildman–Crippen LogP) is 5.00. The number of aryl methyl sites for hydroxylation is 2. The third kappa shape index (κ3) is 3.67. The fraction of sp³-hybridized carbons (Fsp3) is 0.167. The van der Waals surface area contributed by atoms with Gasteiger partial charge < -0.3 is 9.30 Å². The Kier molecular flexibility index (Phi) is 5.20. The van der Waals surface area contributed by atoms with Crippen LogP contribution in [-0.4, -0.2) is 29.9 Å². The lowest BCUT2D eigenvalue weighted by atomic mass is 10.0. The molecule has 0 aliphatic rings. The van der Waals surface area contributed by atoms with E-state index in [4.69, 9.17) is 4.74 Å². The summed E-state index contributed by atoms with van der Waals surface area (Å²) in [7, 11) is 3.45. The average Bonchev–Trinajstić information content (AvgIpc) is 3.16. The Morgan fingerprint density at radius 2 is 1.79 bits per heavy atom. The average molecular weight is 369 g/mol. The predicted molar refractivity (Wildman–Crippen MR) is 115 cm³/mol. The van der Waals surface area contributed by atoms with Crippen LogP contribution in [0.15, 0.2) is 78.0 Å². The van der Waals surface area contributed by atoms with Crippen LogP contribution < -0.4 is 4.74 Å². The normalized spacial score (nSPS) is 11.4. The van der Waals surface area contributed by atoms with E-state index in [0.717, 1.165) is 35.4 Å². The fourth-order valence-corrected chi connectivity index (χ4v) is 3.46. The van der Waals surface area contributed by atoms with E-state index in [1.165, 1.54) is 16.6 Å². The summed E-state index contributed by atoms with van der Waals surface area (Å²) >= 11 is 0. The maximum atomic E-state index is 5.41. The standard InChI is InChI=1S/C24H23N3O/c1-25-16-21-15-20(11-12-24(21)28-2)19-9-7-18(8-10-19)13-14-27-17-26-22-5-3-4-6-23(22)27/h3-12,15-17H,13-14H2,1-2H3/b25-16+. The van der Waals surface area contributed by atoms with E-state index in [1.807, 2.05) is 30.7 Å². The summed E-state index contributed by atoms with van der Waals surface area (Å²) in [5, 5.41) is 0. The van der Waals surface area contributed by atoms with Gasteiger partial charge in [-0.3, -0.25) is 4.99 Å². The lowest BCUT2D eigenvalue weighted by Gasteiger charge is -2.09. The van der Waals surface area contributed by atoms with Gasteiger partial charge in [-0.2, -0.15) is 0 Å². The Hall–Kier alpha value is -3.40. The van der Waals surface area contributed by atoms with Gasteiger partial charge in [0.05, 0.1) is 24.5 Å². The minimum absolute atomic E-state index is 0.832. The van der Waals surface area contributed by atoms with Gasteiger partial charge in [0.1, 0.15) is 5.75 Å². The van der Waals surface area contributed by atoms with Gasteiger partial charge in [0.2, 0.25) is 0 Å². The molecule has 3 aromatic carbocycles. The third-order valence-corrected chi connectivity index (χ3v) is 4.95. The molecule has 0 aliphatic carbocycles. The van der Waals surface area contributed by atoms with Crippen molar-refractivity contribution in [3.8, 4) is 16.9 Å². The van der Waals surface area contributed by atoms with E-state index in [-0.39, 0.29) is 0 Å². The molecule has 0 fully saturated rings. The summed E-state index contributed by atoms with van der Waals surface area (Å²) in [6.45, 7) is 0.916. The Balaban J connectivity index is 1.50. The molecule has 1 heterocycles. The number of aromatic nitrogens is 2. The lowest BCUT2D eigenvalue weighted by Crippen LogP contribution is -1.99. The summed E-state index contributed by atoms with van der Waals surface area (Å²) in [6.07, 6.45) is 4.72. The van der Waals surface area contributed by atoms with E-state index in [9.17, 15) is 0 Å². The second-order valence-corrected chi connectivity index (χ2v) is 6.72. The first-order valence-corrected chi connectivity index (χ1v) is 9.38. The smallest absolute Gasteiger partial charge is 0.127 e. The van der Waals surface area contributed by atoms with Gasteiger partial charge in [-0.25, -0.2) is 4.98 Å². The molecule has 0 saturated heterocycles. The number of rotatable bonds is 6. The summed E-state index contributed by atoms with van der Waals surface area (Å²) in [5.74, 6) is 0.832. The number of para-hydroxylation sites is 2. The van der Waals surface area contributed by atoms with Crippen LogP contribution in [0, 0.1) is 0 Å². The number of hydrogen-bond donors (Lipinski definition) is 0. The quantitative estimate of drug-likeness (QED) is 0.449. The highest BCUT2D eigenvalue weighted by molar-refractivity contribution is 5.86. The van der Waals surface area contributed by atoms with Gasteiger partial charge in [-0.1, -0.05) is 42.5 Å². The zero-order valence-electron chi connectivity index (χ0n) is 16.2. The highest BCUT2D eigenvalue weighted by Gasteiger charge is 2.06. The summed E-state index contributed by atoms with van der Waals surface area (Å²) in [4.78, 5) is 8.59. The molecule has 4 nitrogen and oxygen atoms in total. The molecular weight excluding hydrogens is 346 g/mol. The molecule has 0 radical (unpaired) electrons. The van der Waals surface area contributed by atoms with Gasteiger partial charge in [-0.05, 0) is 47.4 Å². The number of ether oxygens (including phenoxy) is 1. The van der Waals surface area contributed by atoms with Crippen molar-refractivity contribution >= 4 is 17.2 Å². The van der Waals surface area contributed by atoms with Crippen LogP contribution >= 0.6 is 0 Å². The number of imidazole rings is 1. The van der Waals surface area contributed by atoms with Crippen LogP contribution in [0.2, 0.25) is 0 Å². The van der Waals surface area contributed by atoms with Crippen LogP contribution in [-0.2, 0) is 13.0 Å². The molecule has 0 amide bonds. The van der Waals surface area contributed by atoms with E-state index < -0.39 is 0 Å². The molecule has 28 heavy (non-hydrogen) atoms. The van der Waals surface area contributed by atoms with Crippen molar-refractivity contribution in [2.75, 3.05) is 14.2 Å². The Labute approximate surface area is 165 Å². The lowest BCUT2D eigenvalue weighted by molar-refractivity contribution is 0.414. The molecule has 0 bridgehead atoms. The van der Waals surface area contributed by atoms with Crippen LogP contribution in [0.5, 0.6) is 5.75 Å². The molecule has 1 aromatic heterocycles. The monoisotopic (exact) mass is 369 g/mol. The molecule has 0 atom stereocenters. The van der Waals surface area contributed by atoms with Crippen LogP contribution in [0.3, 0.4) is 0 Å². The van der Waals surface area contributed by atoms with Crippen molar-refractivity contribution in [2.24, 2.45) is 4.99 Å². The van der Waals surface area contributed by atoms with Crippen molar-refractivity contribution in [2.45, 2.75) is 13.0 Å². The van der Waals surface area contributed by atoms with E-state index in [1.54, 1.807) is 14.2 Å². The molecule has 0 saturated carbocycles. The molecule has 4 heteroatoms. The van der Waals surface area contributed by atoms with Gasteiger partial charge in [-0.15, -0.1) is 0 Å². The van der Waals surface area contributed by atoms with Crippen molar-refractivity contribution in [3.05, 3.63) is 84.2 Å². The van der Waals surface area contributed by atoms with Crippen molar-refractivity contribution < 1.29 is 4.74 Å². The SMILES string of the molecule is C/N=C/c1cc(-c2ccc(CCn3cnc4ccccc43)cc2)ccc1OC. The largest absolute Gasteiger partial charge is 0.496 e. The Morgan fingerprint density at radius 3 is 2.57 bits per heavy atom. The molecule has 0 N–H and O–H groups in total. The maximum Gasteiger partial charge on any atom is 0.127 e. The Bertz CT molecular complexity index is 1110. The summed E-state index contributed by atoms with van der Waals surface area (Å²) in [6, 6.07) is 23.2. The van der Waals surface area contributed by atoms with Crippen molar-refractivity contribution in [1.29, 1.82) is 0 Å². The van der Waals surface area contributed by atoms with Gasteiger partial charge in [0.15, 0.2) is 0 Å². The first-order valence-electron chi connectivity index (χ1n) is 9.38. The molecule has 0 unspecified atom stereocenters. The number of hydrogen-bond acceptors (Lipinski definition) is 3.